The van der Waals surface area contributed by atoms with Gasteiger partial charge >= 0.3 is 0 Å². The van der Waals surface area contributed by atoms with Crippen LogP contribution in [0.4, 0.5) is 14.5 Å². The highest BCUT2D eigenvalue weighted by Gasteiger charge is 2.26. The second-order valence-corrected chi connectivity index (χ2v) is 3.48. The molecule has 2 N–H and O–H groups in total. The van der Waals surface area contributed by atoms with Crippen LogP contribution in [0.25, 0.3) is 0 Å². The van der Waals surface area contributed by atoms with Gasteiger partial charge in [0.15, 0.2) is 0 Å². The van der Waals surface area contributed by atoms with E-state index in [1.165, 1.54) is 0 Å². The van der Waals surface area contributed by atoms with Crippen molar-refractivity contribution in [1.82, 2.24) is 0 Å². The number of ether oxygens (including phenoxy) is 1. The summed E-state index contributed by atoms with van der Waals surface area (Å²) in [4.78, 5) is 0. The van der Waals surface area contributed by atoms with E-state index in [1.807, 2.05) is 0 Å². The first kappa shape index (κ1) is 10.3. The number of benzene rings is 1. The minimum atomic E-state index is -0.687. The van der Waals surface area contributed by atoms with E-state index in [-0.39, 0.29) is 24.9 Å². The van der Waals surface area contributed by atoms with Crippen molar-refractivity contribution in [2.45, 2.75) is 12.1 Å². The predicted octanol–water partition coefficient (Wildman–Crippen LogP) is 1.14. The van der Waals surface area contributed by atoms with Crippen LogP contribution < -0.4 is 5.32 Å². The molecule has 15 heavy (non-hydrogen) atoms. The molecule has 1 aromatic rings. The number of nitrogens with one attached hydrogen (secondary N) is 1. The van der Waals surface area contributed by atoms with E-state index in [1.54, 1.807) is 0 Å². The number of hydrogen-bond donors (Lipinski definition) is 2. The van der Waals surface area contributed by atoms with Crippen molar-refractivity contribution in [1.29, 1.82) is 0 Å². The van der Waals surface area contributed by atoms with Crippen LogP contribution in [0.3, 0.4) is 0 Å². The lowest BCUT2D eigenvalue weighted by Gasteiger charge is -2.16. The molecule has 1 aliphatic heterocycles. The quantitative estimate of drug-likeness (QED) is 0.777. The SMILES string of the molecule is OC1COCC1Nc1cc(F)ccc1F. The highest BCUT2D eigenvalue weighted by atomic mass is 19.1. The van der Waals surface area contributed by atoms with Crippen LogP contribution in [0.2, 0.25) is 0 Å². The van der Waals surface area contributed by atoms with Gasteiger partial charge in [-0.05, 0) is 18.2 Å². The van der Waals surface area contributed by atoms with E-state index in [2.05, 4.69) is 5.32 Å². The van der Waals surface area contributed by atoms with Crippen molar-refractivity contribution in [2.75, 3.05) is 18.5 Å². The lowest BCUT2D eigenvalue weighted by atomic mass is 10.2. The molecule has 0 aliphatic carbocycles. The summed E-state index contributed by atoms with van der Waals surface area (Å²) in [5.41, 5.74) is 0.0459. The normalized spacial score (nSPS) is 25.5. The Bertz CT molecular complexity index is 359. The molecule has 5 heteroatoms. The summed E-state index contributed by atoms with van der Waals surface area (Å²) < 4.78 is 31.0. The molecule has 0 spiro atoms. The van der Waals surface area contributed by atoms with E-state index < -0.39 is 17.7 Å². The van der Waals surface area contributed by atoms with E-state index in [0.717, 1.165) is 18.2 Å². The maximum absolute atomic E-state index is 13.2. The first-order valence-electron chi connectivity index (χ1n) is 4.64. The Labute approximate surface area is 85.7 Å². The topological polar surface area (TPSA) is 41.5 Å². The van der Waals surface area contributed by atoms with Gasteiger partial charge in [-0.15, -0.1) is 0 Å². The minimum Gasteiger partial charge on any atom is -0.388 e. The van der Waals surface area contributed by atoms with Crippen LogP contribution >= 0.6 is 0 Å². The van der Waals surface area contributed by atoms with Crippen LogP contribution in [-0.4, -0.2) is 30.5 Å². The molecular weight excluding hydrogens is 204 g/mol. The Morgan fingerprint density at radius 3 is 2.80 bits per heavy atom. The zero-order valence-corrected chi connectivity index (χ0v) is 7.91. The van der Waals surface area contributed by atoms with Crippen LogP contribution in [-0.2, 0) is 4.74 Å². The molecule has 82 valence electrons. The van der Waals surface area contributed by atoms with E-state index in [0.29, 0.717) is 0 Å². The standard InChI is InChI=1S/C10H11F2NO2/c11-6-1-2-7(12)8(3-6)13-9-4-15-5-10(9)14/h1-3,9-10,13-14H,4-5H2. The number of halogens is 2. The molecule has 1 fully saturated rings. The molecule has 1 heterocycles. The fourth-order valence-corrected chi connectivity index (χ4v) is 1.49. The van der Waals surface area contributed by atoms with Gasteiger partial charge in [-0.2, -0.15) is 0 Å². The van der Waals surface area contributed by atoms with Crippen molar-refractivity contribution in [3.63, 3.8) is 0 Å². The number of aliphatic hydroxyl groups is 1. The first-order valence-corrected chi connectivity index (χ1v) is 4.64. The second-order valence-electron chi connectivity index (χ2n) is 3.48. The number of hydrogen-bond acceptors (Lipinski definition) is 3. The Balaban J connectivity index is 2.12. The van der Waals surface area contributed by atoms with Crippen molar-refractivity contribution in [3.05, 3.63) is 29.8 Å². The van der Waals surface area contributed by atoms with Gasteiger partial charge in [0, 0.05) is 0 Å². The summed E-state index contributed by atoms with van der Waals surface area (Å²) in [7, 11) is 0. The van der Waals surface area contributed by atoms with Gasteiger partial charge in [0.25, 0.3) is 0 Å². The zero-order chi connectivity index (χ0) is 10.8. The summed E-state index contributed by atoms with van der Waals surface area (Å²) in [6.45, 7) is 0.506. The second kappa shape index (κ2) is 4.12. The van der Waals surface area contributed by atoms with Crippen LogP contribution in [0.1, 0.15) is 0 Å². The molecule has 1 aromatic carbocycles. The largest absolute Gasteiger partial charge is 0.388 e. The van der Waals surface area contributed by atoms with Crippen molar-refractivity contribution >= 4 is 5.69 Å². The van der Waals surface area contributed by atoms with Crippen LogP contribution in [0.5, 0.6) is 0 Å². The smallest absolute Gasteiger partial charge is 0.146 e. The fourth-order valence-electron chi connectivity index (χ4n) is 1.49. The summed E-state index contributed by atoms with van der Waals surface area (Å²) >= 11 is 0. The van der Waals surface area contributed by atoms with Crippen molar-refractivity contribution < 1.29 is 18.6 Å². The maximum atomic E-state index is 13.2. The zero-order valence-electron chi connectivity index (χ0n) is 7.91. The van der Waals surface area contributed by atoms with Gasteiger partial charge in [0.05, 0.1) is 31.0 Å². The molecule has 1 saturated heterocycles. The molecule has 2 rings (SSSR count). The van der Waals surface area contributed by atoms with Gasteiger partial charge in [0.2, 0.25) is 0 Å². The Hall–Kier alpha value is -1.20. The van der Waals surface area contributed by atoms with Gasteiger partial charge in [-0.25, -0.2) is 8.78 Å². The first-order chi connectivity index (χ1) is 7.16. The third-order valence-corrected chi connectivity index (χ3v) is 2.32. The molecule has 0 aromatic heterocycles. The average Bonchev–Trinajstić information content (AvgIpc) is 2.58. The molecule has 0 radical (unpaired) electrons. The molecular formula is C10H11F2NO2. The van der Waals surface area contributed by atoms with Crippen LogP contribution in [0, 0.1) is 11.6 Å². The van der Waals surface area contributed by atoms with Gasteiger partial charge in [-0.1, -0.05) is 0 Å². The Morgan fingerprint density at radius 2 is 2.13 bits per heavy atom. The summed E-state index contributed by atoms with van der Waals surface area (Å²) in [6, 6.07) is 2.75. The molecule has 2 unspecified atom stereocenters. The number of rotatable bonds is 2. The molecule has 2 atom stereocenters. The lowest BCUT2D eigenvalue weighted by Crippen LogP contribution is -2.32. The minimum absolute atomic E-state index is 0.0459. The molecule has 0 bridgehead atoms. The van der Waals surface area contributed by atoms with E-state index >= 15 is 0 Å². The monoisotopic (exact) mass is 215 g/mol. The predicted molar refractivity (Wildman–Crippen MR) is 50.6 cm³/mol. The third-order valence-electron chi connectivity index (χ3n) is 2.32. The summed E-state index contributed by atoms with van der Waals surface area (Å²) in [6.07, 6.45) is -0.687. The van der Waals surface area contributed by atoms with E-state index in [9.17, 15) is 13.9 Å². The van der Waals surface area contributed by atoms with Crippen LogP contribution in [0.15, 0.2) is 18.2 Å². The molecule has 1 aliphatic rings. The third kappa shape index (κ3) is 2.24. The van der Waals surface area contributed by atoms with Gasteiger partial charge in [0.1, 0.15) is 11.6 Å². The van der Waals surface area contributed by atoms with Crippen molar-refractivity contribution in [3.8, 4) is 0 Å². The molecule has 0 saturated carbocycles. The Morgan fingerprint density at radius 1 is 1.33 bits per heavy atom. The van der Waals surface area contributed by atoms with Gasteiger partial charge < -0.3 is 15.2 Å². The fraction of sp³-hybridized carbons (Fsp3) is 0.400. The highest BCUT2D eigenvalue weighted by molar-refractivity contribution is 5.46. The summed E-state index contributed by atoms with van der Waals surface area (Å²) in [5.74, 6) is -1.07. The maximum Gasteiger partial charge on any atom is 0.146 e. The lowest BCUT2D eigenvalue weighted by molar-refractivity contribution is 0.125. The number of aliphatic hydroxyl groups excluding tert-OH is 1. The number of anilines is 1. The average molecular weight is 215 g/mol. The van der Waals surface area contributed by atoms with Gasteiger partial charge in [-0.3, -0.25) is 0 Å². The molecule has 0 amide bonds. The Kier molecular flexibility index (Phi) is 2.83. The van der Waals surface area contributed by atoms with Crippen molar-refractivity contribution in [2.24, 2.45) is 0 Å². The summed E-state index contributed by atoms with van der Waals surface area (Å²) in [5, 5.41) is 12.1. The molecule has 3 nitrogen and oxygen atoms in total. The van der Waals surface area contributed by atoms with E-state index in [4.69, 9.17) is 4.74 Å². The highest BCUT2D eigenvalue weighted by Crippen LogP contribution is 2.19.